The maximum absolute atomic E-state index is 9.04. The van der Waals surface area contributed by atoms with E-state index in [4.69, 9.17) is 5.26 Å². The highest BCUT2D eigenvalue weighted by Crippen LogP contribution is 2.18. The Balaban J connectivity index is 2.04. The summed E-state index contributed by atoms with van der Waals surface area (Å²) in [6, 6.07) is 18.3. The van der Waals surface area contributed by atoms with Crippen molar-refractivity contribution in [1.29, 1.82) is 5.26 Å². The molecule has 19 heavy (non-hydrogen) atoms. The van der Waals surface area contributed by atoms with Gasteiger partial charge in [-0.25, -0.2) is 0 Å². The van der Waals surface area contributed by atoms with Gasteiger partial charge in [-0.3, -0.25) is 0 Å². The topological polar surface area (TPSA) is 35.8 Å². The monoisotopic (exact) mass is 250 g/mol. The molecule has 0 aliphatic heterocycles. The summed E-state index contributed by atoms with van der Waals surface area (Å²) in [5, 5.41) is 12.4. The lowest BCUT2D eigenvalue weighted by Crippen LogP contribution is -2.01. The molecule has 0 saturated carbocycles. The first-order chi connectivity index (χ1) is 9.20. The highest BCUT2D eigenvalue weighted by Gasteiger charge is 2.01. The number of anilines is 1. The van der Waals surface area contributed by atoms with Crippen LogP contribution in [-0.4, -0.2) is 0 Å². The molecule has 0 fully saturated rings. The van der Waals surface area contributed by atoms with Gasteiger partial charge in [0.15, 0.2) is 0 Å². The van der Waals surface area contributed by atoms with Gasteiger partial charge in [0.25, 0.3) is 0 Å². The predicted molar refractivity (Wildman–Crippen MR) is 79.0 cm³/mol. The van der Waals surface area contributed by atoms with Crippen LogP contribution in [0.3, 0.4) is 0 Å². The Hall–Kier alpha value is -2.27. The quantitative estimate of drug-likeness (QED) is 0.878. The molecule has 0 aliphatic rings. The number of benzene rings is 2. The van der Waals surface area contributed by atoms with Gasteiger partial charge in [0.2, 0.25) is 0 Å². The zero-order chi connectivity index (χ0) is 13.7. The normalized spacial score (nSPS) is 10.2. The summed E-state index contributed by atoms with van der Waals surface area (Å²) in [6.45, 7) is 5.04. The Morgan fingerprint density at radius 3 is 2.37 bits per heavy atom. The summed E-state index contributed by atoms with van der Waals surface area (Å²) in [5.41, 5.74) is 4.17. The van der Waals surface area contributed by atoms with Crippen molar-refractivity contribution < 1.29 is 0 Å². The van der Waals surface area contributed by atoms with E-state index in [0.29, 0.717) is 12.5 Å². The van der Waals surface area contributed by atoms with E-state index in [9.17, 15) is 0 Å². The molecule has 0 atom stereocenters. The molecule has 2 rings (SSSR count). The average Bonchev–Trinajstić information content (AvgIpc) is 2.45. The molecule has 0 bridgehead atoms. The minimum atomic E-state index is 0.549. The van der Waals surface area contributed by atoms with E-state index in [-0.39, 0.29) is 0 Å². The van der Waals surface area contributed by atoms with E-state index >= 15 is 0 Å². The second kappa shape index (κ2) is 6.06. The summed E-state index contributed by atoms with van der Waals surface area (Å²) in [5.74, 6) is 0.549. The van der Waals surface area contributed by atoms with Crippen LogP contribution in [0.1, 0.15) is 36.5 Å². The Morgan fingerprint density at radius 2 is 1.74 bits per heavy atom. The molecule has 0 aromatic heterocycles. The molecule has 0 amide bonds. The van der Waals surface area contributed by atoms with E-state index < -0.39 is 0 Å². The van der Waals surface area contributed by atoms with Crippen molar-refractivity contribution in [3.8, 4) is 6.07 Å². The van der Waals surface area contributed by atoms with E-state index in [1.807, 2.05) is 24.3 Å². The van der Waals surface area contributed by atoms with E-state index in [1.165, 1.54) is 5.56 Å². The summed E-state index contributed by atoms with van der Waals surface area (Å²) < 4.78 is 0. The van der Waals surface area contributed by atoms with Crippen LogP contribution in [0, 0.1) is 11.3 Å². The first kappa shape index (κ1) is 13.2. The highest BCUT2D eigenvalue weighted by atomic mass is 14.9. The SMILES string of the molecule is CC(C)c1ccc(NCc2ccccc2C#N)cc1. The molecular formula is C17H18N2. The molecular weight excluding hydrogens is 232 g/mol. The Labute approximate surface area is 114 Å². The molecule has 1 N–H and O–H groups in total. The largest absolute Gasteiger partial charge is 0.381 e. The minimum absolute atomic E-state index is 0.549. The van der Waals surface area contributed by atoms with E-state index in [2.05, 4.69) is 49.5 Å². The second-order valence-corrected chi connectivity index (χ2v) is 4.90. The third-order valence-corrected chi connectivity index (χ3v) is 3.20. The Bertz CT molecular complexity index is 577. The summed E-state index contributed by atoms with van der Waals surface area (Å²) >= 11 is 0. The smallest absolute Gasteiger partial charge is 0.0995 e. The molecule has 2 nitrogen and oxygen atoms in total. The molecule has 0 radical (unpaired) electrons. The van der Waals surface area contributed by atoms with Crippen molar-refractivity contribution in [3.63, 3.8) is 0 Å². The van der Waals surface area contributed by atoms with Crippen LogP contribution in [0.2, 0.25) is 0 Å². The van der Waals surface area contributed by atoms with E-state index in [1.54, 1.807) is 0 Å². The fraction of sp³-hybridized carbons (Fsp3) is 0.235. The summed E-state index contributed by atoms with van der Waals surface area (Å²) in [4.78, 5) is 0. The Morgan fingerprint density at radius 1 is 1.05 bits per heavy atom. The molecule has 2 aromatic rings. The van der Waals surface area contributed by atoms with Crippen molar-refractivity contribution in [1.82, 2.24) is 0 Å². The Kier molecular flexibility index (Phi) is 4.20. The van der Waals surface area contributed by atoms with Crippen molar-refractivity contribution in [3.05, 3.63) is 65.2 Å². The van der Waals surface area contributed by atoms with Gasteiger partial charge < -0.3 is 5.32 Å². The first-order valence-electron chi connectivity index (χ1n) is 6.52. The number of nitrogens with one attached hydrogen (secondary N) is 1. The van der Waals surface area contributed by atoms with Gasteiger partial charge in [-0.2, -0.15) is 5.26 Å². The lowest BCUT2D eigenvalue weighted by molar-refractivity contribution is 0.867. The average molecular weight is 250 g/mol. The van der Waals surface area contributed by atoms with Crippen LogP contribution in [-0.2, 0) is 6.54 Å². The number of rotatable bonds is 4. The number of hydrogen-bond donors (Lipinski definition) is 1. The van der Waals surface area contributed by atoms with Gasteiger partial charge in [-0.15, -0.1) is 0 Å². The van der Waals surface area contributed by atoms with Gasteiger partial charge in [0, 0.05) is 12.2 Å². The van der Waals surface area contributed by atoms with Crippen molar-refractivity contribution in [2.24, 2.45) is 0 Å². The highest BCUT2D eigenvalue weighted by molar-refractivity contribution is 5.47. The van der Waals surface area contributed by atoms with Crippen molar-refractivity contribution in [2.75, 3.05) is 5.32 Å². The lowest BCUT2D eigenvalue weighted by Gasteiger charge is -2.10. The maximum Gasteiger partial charge on any atom is 0.0995 e. The van der Waals surface area contributed by atoms with Crippen molar-refractivity contribution in [2.45, 2.75) is 26.3 Å². The third kappa shape index (κ3) is 3.35. The fourth-order valence-corrected chi connectivity index (χ4v) is 1.97. The predicted octanol–water partition coefficient (Wildman–Crippen LogP) is 4.29. The van der Waals surface area contributed by atoms with Crippen LogP contribution in [0.5, 0.6) is 0 Å². The second-order valence-electron chi connectivity index (χ2n) is 4.90. The van der Waals surface area contributed by atoms with Crippen LogP contribution < -0.4 is 5.32 Å². The standard InChI is InChI=1S/C17H18N2/c1-13(2)14-7-9-17(10-8-14)19-12-16-6-4-3-5-15(16)11-18/h3-10,13,19H,12H2,1-2H3. The van der Waals surface area contributed by atoms with E-state index in [0.717, 1.165) is 16.8 Å². The molecule has 0 spiro atoms. The molecule has 0 unspecified atom stereocenters. The van der Waals surface area contributed by atoms with Gasteiger partial charge in [-0.05, 0) is 35.2 Å². The van der Waals surface area contributed by atoms with Gasteiger partial charge in [-0.1, -0.05) is 44.2 Å². The number of hydrogen-bond acceptors (Lipinski definition) is 2. The first-order valence-corrected chi connectivity index (χ1v) is 6.52. The van der Waals surface area contributed by atoms with Gasteiger partial charge >= 0.3 is 0 Å². The van der Waals surface area contributed by atoms with Gasteiger partial charge in [0.1, 0.15) is 0 Å². The zero-order valence-electron chi connectivity index (χ0n) is 11.4. The summed E-state index contributed by atoms with van der Waals surface area (Å²) in [6.07, 6.45) is 0. The molecule has 2 heteroatoms. The van der Waals surface area contributed by atoms with Crippen LogP contribution in [0.15, 0.2) is 48.5 Å². The molecule has 2 aromatic carbocycles. The van der Waals surface area contributed by atoms with Crippen molar-refractivity contribution >= 4 is 5.69 Å². The molecule has 0 heterocycles. The third-order valence-electron chi connectivity index (χ3n) is 3.20. The minimum Gasteiger partial charge on any atom is -0.381 e. The maximum atomic E-state index is 9.04. The molecule has 0 saturated heterocycles. The van der Waals surface area contributed by atoms with Crippen LogP contribution >= 0.6 is 0 Å². The van der Waals surface area contributed by atoms with Crippen LogP contribution in [0.25, 0.3) is 0 Å². The number of nitrogens with zero attached hydrogens (tertiary/aromatic N) is 1. The zero-order valence-corrected chi connectivity index (χ0v) is 11.4. The molecule has 0 aliphatic carbocycles. The number of nitriles is 1. The molecule has 96 valence electrons. The lowest BCUT2D eigenvalue weighted by atomic mass is 10.0. The van der Waals surface area contributed by atoms with Gasteiger partial charge in [0.05, 0.1) is 11.6 Å². The fourth-order valence-electron chi connectivity index (χ4n) is 1.97. The van der Waals surface area contributed by atoms with Crippen LogP contribution in [0.4, 0.5) is 5.69 Å². The summed E-state index contributed by atoms with van der Waals surface area (Å²) in [7, 11) is 0.